The van der Waals surface area contributed by atoms with Crippen molar-refractivity contribution >= 4 is 100 Å². The molecule has 0 fully saturated rings. The van der Waals surface area contributed by atoms with Crippen LogP contribution in [0.25, 0.3) is 48.6 Å². The zero-order valence-corrected chi connectivity index (χ0v) is 83.8. The molecule has 752 valence electrons. The Morgan fingerprint density at radius 3 is 0.688 bits per heavy atom. The molecular weight excluding hydrogens is 1850 g/mol. The predicted octanol–water partition coefficient (Wildman–Crippen LogP) is 23.0. The molecule has 0 amide bonds. The topological polar surface area (TPSA) is 327 Å². The zero-order chi connectivity index (χ0) is 104. The summed E-state index contributed by atoms with van der Waals surface area (Å²) < 4.78 is 136. The number of methoxy groups -OCH3 is 20. The van der Waals surface area contributed by atoms with E-state index >= 15 is 0 Å². The van der Waals surface area contributed by atoms with E-state index < -0.39 is 11.6 Å². The minimum absolute atomic E-state index is 0.105. The van der Waals surface area contributed by atoms with Crippen LogP contribution in [0.15, 0.2) is 243 Å². The lowest BCUT2D eigenvalue weighted by atomic mass is 10.1. The Balaban J connectivity index is 0.000000214. The Labute approximate surface area is 836 Å². The van der Waals surface area contributed by atoms with Gasteiger partial charge in [-0.2, -0.15) is 0 Å². The minimum atomic E-state index is -0.472. The van der Waals surface area contributed by atoms with Gasteiger partial charge in [-0.05, 0) is 197 Å². The maximum absolute atomic E-state index is 13.4. The van der Waals surface area contributed by atoms with Gasteiger partial charge in [0.05, 0.1) is 165 Å². The molecule has 0 atom stereocenters. The van der Waals surface area contributed by atoms with E-state index in [0.717, 1.165) is 50.1 Å². The molecule has 6 N–H and O–H groups in total. The highest BCUT2D eigenvalue weighted by Crippen LogP contribution is 2.46. The summed E-state index contributed by atoms with van der Waals surface area (Å²) in [6, 6.07) is 54.8. The van der Waals surface area contributed by atoms with Crippen LogP contribution in [0.4, 0.5) is 37.2 Å². The first kappa shape index (κ1) is 110. The number of nitrogens with one attached hydrogen (secondary N) is 4. The number of anilines is 5. The van der Waals surface area contributed by atoms with Gasteiger partial charge in [0.2, 0.25) is 23.0 Å². The Kier molecular flexibility index (Phi) is 42.4. The molecule has 0 aliphatic rings. The van der Waals surface area contributed by atoms with Crippen molar-refractivity contribution < 1.29 is 123 Å². The van der Waals surface area contributed by atoms with Crippen molar-refractivity contribution in [2.75, 3.05) is 169 Å². The van der Waals surface area contributed by atoms with Crippen LogP contribution in [0.3, 0.4) is 0 Å². The lowest BCUT2D eigenvalue weighted by Crippen LogP contribution is -2.02. The van der Waals surface area contributed by atoms with Gasteiger partial charge in [-0.1, -0.05) is 103 Å². The molecule has 0 aliphatic carbocycles. The Bertz CT molecular complexity index is 6390. The highest BCUT2D eigenvalue weighted by Gasteiger charge is 2.22. The number of nitrogen functional groups attached to an aromatic ring is 1. The van der Waals surface area contributed by atoms with Crippen LogP contribution in [-0.2, 0) is 0 Å². The molecule has 12 rings (SSSR count). The number of rotatable bonds is 44. The van der Waals surface area contributed by atoms with E-state index in [-0.39, 0.29) is 28.7 Å². The molecule has 12 aromatic rings. The maximum atomic E-state index is 13.4. The standard InChI is InChI=1S/C29H31NO6.2C28H28FNO6.C28H30N2O6/c1-19-7-11-22(12-8-19)24(31)13-14-30-23-15-20(16-25(32-2)28(23)35-5)9-10-21-17-26(33-3)29(36-6)27(18-21)34-4;1-32-24-15-18(6-7-19-16-25(33-2)28(36-5)26(17-19)34-3)14-22(27(24)35-4)30-13-12-23(31)20-8-10-21(29)11-9-20;1-32-24-14-18(9-10-19-15-25(33-2)28(36-5)26(16-19)34-3)13-22(27(24)35-4)30-12-11-23(31)20-7-6-8-21(29)17-20;1-32-24-15-18(10-11-19-16-25(33-2)28(36-5)26(17-19)34-3)14-22(27(24)35-4)30-13-12-23(31)20-8-6-7-9-21(20)29/h7-18,30H,1-6H3;2*6-17,30H,1-5H3;6-17,30H,29H2,1-5H3/b10-9-,14-13-;7-6-,13-12-;10-9-,12-11-;11-10-,13-12-. The number of allylic oxidation sites excluding steroid dienone is 4. The number of hydrogen-bond donors (Lipinski definition) is 5. The van der Waals surface area contributed by atoms with Gasteiger partial charge < -0.3 is 122 Å². The Morgan fingerprint density at radius 2 is 0.451 bits per heavy atom. The van der Waals surface area contributed by atoms with Crippen molar-refractivity contribution in [2.45, 2.75) is 6.92 Å². The van der Waals surface area contributed by atoms with Gasteiger partial charge in [-0.15, -0.1) is 0 Å². The lowest BCUT2D eigenvalue weighted by Gasteiger charge is -2.14. The number of ketones is 4. The van der Waals surface area contributed by atoms with Crippen molar-refractivity contribution in [3.63, 3.8) is 0 Å². The molecule has 0 saturated carbocycles. The maximum Gasteiger partial charge on any atom is 0.203 e. The van der Waals surface area contributed by atoms with Crippen LogP contribution in [0.5, 0.6) is 115 Å². The second kappa shape index (κ2) is 55.6. The normalized spacial score (nSPS) is 10.9. The summed E-state index contributed by atoms with van der Waals surface area (Å²) in [5.41, 5.74) is 18.2. The highest BCUT2D eigenvalue weighted by molar-refractivity contribution is 6.09. The smallest absolute Gasteiger partial charge is 0.203 e. The molecule has 0 unspecified atom stereocenters. The molecule has 12 aromatic carbocycles. The number of para-hydroxylation sites is 1. The van der Waals surface area contributed by atoms with E-state index in [2.05, 4.69) is 21.3 Å². The first-order valence-electron chi connectivity index (χ1n) is 44.0. The predicted molar refractivity (Wildman–Crippen MR) is 561 cm³/mol. The van der Waals surface area contributed by atoms with Crippen LogP contribution in [0.1, 0.15) is 91.5 Å². The zero-order valence-electron chi connectivity index (χ0n) is 83.8. The molecule has 0 aliphatic heterocycles. The van der Waals surface area contributed by atoms with E-state index in [0.29, 0.717) is 160 Å². The van der Waals surface area contributed by atoms with Gasteiger partial charge in [0, 0.05) is 77.0 Å². The summed E-state index contributed by atoms with van der Waals surface area (Å²) >= 11 is 0. The van der Waals surface area contributed by atoms with Crippen molar-refractivity contribution in [1.29, 1.82) is 0 Å². The molecule has 31 heteroatoms. The van der Waals surface area contributed by atoms with Gasteiger partial charge in [0.25, 0.3) is 0 Å². The van der Waals surface area contributed by atoms with E-state index in [1.807, 2.05) is 165 Å². The fourth-order valence-electron chi connectivity index (χ4n) is 14.2. The van der Waals surface area contributed by atoms with Gasteiger partial charge in [-0.25, -0.2) is 8.78 Å². The van der Waals surface area contributed by atoms with Crippen LogP contribution in [-0.4, -0.2) is 165 Å². The summed E-state index contributed by atoms with van der Waals surface area (Å²) in [4.78, 5) is 49.7. The fraction of sp³-hybridized carbons (Fsp3) is 0.186. The summed E-state index contributed by atoms with van der Waals surface area (Å²) in [6.07, 6.45) is 26.9. The van der Waals surface area contributed by atoms with E-state index in [9.17, 15) is 28.0 Å². The minimum Gasteiger partial charge on any atom is -0.493 e. The van der Waals surface area contributed by atoms with Crippen molar-refractivity contribution in [2.24, 2.45) is 0 Å². The van der Waals surface area contributed by atoms with Crippen molar-refractivity contribution in [3.05, 3.63) is 327 Å². The van der Waals surface area contributed by atoms with E-state index in [1.165, 1.54) is 100 Å². The van der Waals surface area contributed by atoms with Crippen LogP contribution < -0.4 is 122 Å². The number of carbonyl (C=O) groups is 4. The van der Waals surface area contributed by atoms with Crippen LogP contribution >= 0.6 is 0 Å². The second-order valence-electron chi connectivity index (χ2n) is 30.2. The number of nitrogens with two attached hydrogens (primary N) is 1. The summed E-state index contributed by atoms with van der Waals surface area (Å²) in [5.74, 6) is 8.71. The number of ether oxygens (including phenoxy) is 20. The van der Waals surface area contributed by atoms with Crippen LogP contribution in [0, 0.1) is 18.6 Å². The molecular formula is C113H117F2N5O24. The molecule has 0 radical (unpaired) electrons. The molecule has 0 bridgehead atoms. The first-order valence-corrected chi connectivity index (χ1v) is 44.0. The number of halogens is 2. The average molecular weight is 1970 g/mol. The SMILES string of the molecule is COc1cc(/C=C\c2cc(OC)c(OC)c(OC)c2)cc(N/C=C\C(=O)c2ccc(C)cc2)c1OC.COc1cc(/C=C\c2cc(OC)c(OC)c(OC)c2)cc(N/C=C\C(=O)c2ccc(F)cc2)c1OC.COc1cc(/C=C\c2cc(OC)c(OC)c(OC)c2)cc(N/C=C\C(=O)c2cccc(F)c2)c1OC.COc1cc(/C=C\c2cc(OC)c(OC)c(OC)c2)cc(N/C=C\C(=O)c2ccccc2N)c1OC. The first-order chi connectivity index (χ1) is 69.7. The van der Waals surface area contributed by atoms with Gasteiger partial charge in [0.1, 0.15) is 11.6 Å². The fourth-order valence-corrected chi connectivity index (χ4v) is 14.2. The summed E-state index contributed by atoms with van der Waals surface area (Å²) in [5, 5.41) is 12.4. The third-order valence-electron chi connectivity index (χ3n) is 21.3. The number of aryl methyl sites for hydroxylation is 1. The molecule has 0 saturated heterocycles. The van der Waals surface area contributed by atoms with Crippen molar-refractivity contribution in [3.8, 4) is 115 Å². The van der Waals surface area contributed by atoms with Gasteiger partial charge in [-0.3, -0.25) is 19.2 Å². The Morgan fingerprint density at radius 1 is 0.229 bits per heavy atom. The average Bonchev–Trinajstić information content (AvgIpc) is 0.824. The van der Waals surface area contributed by atoms with E-state index in [1.54, 1.807) is 176 Å². The lowest BCUT2D eigenvalue weighted by molar-refractivity contribution is 0.103. The number of carbonyl (C=O) groups excluding carboxylic acids is 4. The molecule has 0 spiro atoms. The third-order valence-corrected chi connectivity index (χ3v) is 21.3. The molecule has 0 aromatic heterocycles. The van der Waals surface area contributed by atoms with Crippen LogP contribution in [0.2, 0.25) is 0 Å². The van der Waals surface area contributed by atoms with Gasteiger partial charge >= 0.3 is 0 Å². The summed E-state index contributed by atoms with van der Waals surface area (Å²) in [6.45, 7) is 1.98. The summed E-state index contributed by atoms with van der Waals surface area (Å²) in [7, 11) is 31.2. The molecule has 0 heterocycles. The molecule has 144 heavy (non-hydrogen) atoms. The quantitative estimate of drug-likeness (QED) is 0.0102. The Hall–Kier alpha value is -17.9. The third kappa shape index (κ3) is 29.8. The molecule has 29 nitrogen and oxygen atoms in total. The van der Waals surface area contributed by atoms with Crippen molar-refractivity contribution in [1.82, 2.24) is 0 Å². The highest BCUT2D eigenvalue weighted by atomic mass is 19.1. The number of benzene rings is 12. The van der Waals surface area contributed by atoms with Gasteiger partial charge in [0.15, 0.2) is 115 Å². The van der Waals surface area contributed by atoms with E-state index in [4.69, 9.17) is 100 Å². The largest absolute Gasteiger partial charge is 0.493 e. The second-order valence-corrected chi connectivity index (χ2v) is 30.2. The number of hydrogen-bond acceptors (Lipinski definition) is 29. The monoisotopic (exact) mass is 1970 g/mol.